The summed E-state index contributed by atoms with van der Waals surface area (Å²) < 4.78 is 6.96. The molecule has 0 saturated heterocycles. The molecule has 1 nitrogen and oxygen atoms in total. The highest BCUT2D eigenvalue weighted by Crippen LogP contribution is 2.01. The third-order valence-electron chi connectivity index (χ3n) is 1.46. The lowest BCUT2D eigenvalue weighted by Crippen LogP contribution is -1.83. The number of hydrogen-bond donors (Lipinski definition) is 0. The normalized spacial score (nSPS) is 11.0. The topological polar surface area (TPSA) is 12.9 Å². The zero-order chi connectivity index (χ0) is 7.94. The van der Waals surface area contributed by atoms with Crippen molar-refractivity contribution in [2.75, 3.05) is 0 Å². The summed E-state index contributed by atoms with van der Waals surface area (Å²) in [5.41, 5.74) is 1.33. The van der Waals surface area contributed by atoms with Gasteiger partial charge in [-0.15, -0.1) is 0 Å². The van der Waals surface area contributed by atoms with Crippen molar-refractivity contribution in [1.82, 2.24) is 4.98 Å². The van der Waals surface area contributed by atoms with E-state index in [-0.39, 0.29) is 0 Å². The van der Waals surface area contributed by atoms with Gasteiger partial charge in [0.15, 0.2) is 0 Å². The molecule has 1 rings (SSSR count). The minimum atomic E-state index is 0.547. The van der Waals surface area contributed by atoms with Gasteiger partial charge in [-0.3, -0.25) is 4.98 Å². The summed E-state index contributed by atoms with van der Waals surface area (Å²) in [5.74, 6) is 0. The van der Waals surface area contributed by atoms with E-state index in [9.17, 15) is 0 Å². The van der Waals surface area contributed by atoms with Crippen LogP contribution in [0.5, 0.6) is 0 Å². The van der Waals surface area contributed by atoms with Crippen molar-refractivity contribution in [3.63, 3.8) is 0 Å². The Morgan fingerprint density at radius 2 is 2.30 bits per heavy atom. The Labute approximate surface area is 63.5 Å². The Morgan fingerprint density at radius 3 is 3.00 bits per heavy atom. The van der Waals surface area contributed by atoms with E-state index in [0.717, 1.165) is 19.3 Å². The molecule has 0 aliphatic carbocycles. The lowest BCUT2D eigenvalue weighted by atomic mass is 10.1. The van der Waals surface area contributed by atoms with E-state index in [1.165, 1.54) is 5.56 Å². The van der Waals surface area contributed by atoms with Crippen LogP contribution in [0.2, 0.25) is 0 Å². The van der Waals surface area contributed by atoms with Crippen molar-refractivity contribution >= 4 is 0 Å². The minimum Gasteiger partial charge on any atom is -0.265 e. The second kappa shape index (κ2) is 4.04. The first kappa shape index (κ1) is 5.90. The first-order valence-corrected chi connectivity index (χ1v) is 3.61. The van der Waals surface area contributed by atoms with Crippen molar-refractivity contribution in [2.24, 2.45) is 0 Å². The van der Waals surface area contributed by atoms with Crippen LogP contribution in [0.25, 0.3) is 0 Å². The first-order valence-electron chi connectivity index (χ1n) is 4.32. The summed E-state index contributed by atoms with van der Waals surface area (Å²) in [5, 5.41) is 0. The van der Waals surface area contributed by atoms with Gasteiger partial charge in [0.2, 0.25) is 0 Å². The highest BCUT2D eigenvalue weighted by atomic mass is 14.6. The fourth-order valence-electron chi connectivity index (χ4n) is 0.879. The zero-order valence-corrected chi connectivity index (χ0v) is 6.09. The van der Waals surface area contributed by atoms with E-state index in [1.807, 2.05) is 24.5 Å². The van der Waals surface area contributed by atoms with Crippen LogP contribution < -0.4 is 0 Å². The summed E-state index contributed by atoms with van der Waals surface area (Å²) >= 11 is 0. The maximum atomic E-state index is 6.96. The van der Waals surface area contributed by atoms with Crippen LogP contribution in [0.4, 0.5) is 0 Å². The summed E-state index contributed by atoms with van der Waals surface area (Å²) in [6.45, 7) is 0.547. The van der Waals surface area contributed by atoms with Crippen LogP contribution in [0.1, 0.15) is 26.7 Å². The highest BCUT2D eigenvalue weighted by molar-refractivity contribution is 5.09. The molecule has 54 valence electrons. The first-order chi connectivity index (χ1) is 5.43. The Bertz CT molecular complexity index is 186. The molecule has 1 aromatic heterocycles. The van der Waals surface area contributed by atoms with E-state index >= 15 is 0 Å². The fraction of sp³-hybridized carbons (Fsp3) is 0.444. The molecule has 10 heavy (non-hydrogen) atoms. The number of pyridine rings is 1. The summed E-state index contributed by atoms with van der Waals surface area (Å²) in [7, 11) is 0. The number of nitrogens with zero attached hydrogens (tertiary/aromatic N) is 1. The largest absolute Gasteiger partial charge is 0.265 e. The van der Waals surface area contributed by atoms with Crippen molar-refractivity contribution in [2.45, 2.75) is 26.2 Å². The highest BCUT2D eigenvalue weighted by Gasteiger charge is 1.87. The van der Waals surface area contributed by atoms with E-state index in [0.29, 0.717) is 6.90 Å². The molecular formula is C9H13N. The number of rotatable bonds is 3. The lowest BCUT2D eigenvalue weighted by molar-refractivity contribution is 0.794. The maximum Gasteiger partial charge on any atom is 0.0270 e. The molecule has 0 N–H and O–H groups in total. The average Bonchev–Trinajstić information content (AvgIpc) is 2.07. The number of unbranched alkanes of at least 4 members (excludes halogenated alkanes) is 1. The molecule has 0 unspecified atom stereocenters. The molecule has 0 spiro atoms. The van der Waals surface area contributed by atoms with Gasteiger partial charge in [0, 0.05) is 13.8 Å². The van der Waals surface area contributed by atoms with Crippen LogP contribution in [-0.4, -0.2) is 4.98 Å². The molecule has 0 saturated carbocycles. The Hall–Kier alpha value is -0.850. The second-order valence-electron chi connectivity index (χ2n) is 2.31. The molecule has 0 aromatic carbocycles. The van der Waals surface area contributed by atoms with Crippen molar-refractivity contribution < 1.29 is 1.37 Å². The van der Waals surface area contributed by atoms with Gasteiger partial charge in [0.1, 0.15) is 0 Å². The molecule has 0 bridgehead atoms. The smallest absolute Gasteiger partial charge is 0.0270 e. The Morgan fingerprint density at radius 1 is 1.50 bits per heavy atom. The van der Waals surface area contributed by atoms with Gasteiger partial charge in [0.25, 0.3) is 0 Å². The lowest BCUT2D eigenvalue weighted by Gasteiger charge is -1.95. The minimum absolute atomic E-state index is 0.547. The summed E-state index contributed by atoms with van der Waals surface area (Å²) in [4.78, 5) is 3.94. The molecule has 0 atom stereocenters. The monoisotopic (exact) mass is 136 g/mol. The van der Waals surface area contributed by atoms with Crippen LogP contribution in [0, 0.1) is 0 Å². The van der Waals surface area contributed by atoms with Crippen molar-refractivity contribution in [3.05, 3.63) is 30.1 Å². The van der Waals surface area contributed by atoms with Gasteiger partial charge < -0.3 is 0 Å². The molecular weight excluding hydrogens is 122 g/mol. The van der Waals surface area contributed by atoms with Gasteiger partial charge in [0.05, 0.1) is 0 Å². The van der Waals surface area contributed by atoms with Gasteiger partial charge >= 0.3 is 0 Å². The molecule has 0 aliphatic rings. The molecule has 0 fully saturated rings. The SMILES string of the molecule is [2H]CCCCc1ccncc1. The van der Waals surface area contributed by atoms with Gasteiger partial charge in [-0.25, -0.2) is 0 Å². The summed E-state index contributed by atoms with van der Waals surface area (Å²) in [6, 6.07) is 4.06. The number of hydrogen-bond acceptors (Lipinski definition) is 1. The van der Waals surface area contributed by atoms with E-state index in [1.54, 1.807) is 0 Å². The molecule has 0 amide bonds. The zero-order valence-electron chi connectivity index (χ0n) is 7.09. The molecule has 1 aromatic rings. The molecule has 0 radical (unpaired) electrons. The predicted molar refractivity (Wildman–Crippen MR) is 42.8 cm³/mol. The maximum absolute atomic E-state index is 6.96. The van der Waals surface area contributed by atoms with Crippen molar-refractivity contribution in [3.8, 4) is 0 Å². The quantitative estimate of drug-likeness (QED) is 0.581. The average molecular weight is 136 g/mol. The van der Waals surface area contributed by atoms with Gasteiger partial charge in [-0.05, 0) is 30.5 Å². The van der Waals surface area contributed by atoms with Crippen LogP contribution in [-0.2, 0) is 6.42 Å². The third kappa shape index (κ3) is 2.18. The third-order valence-corrected chi connectivity index (χ3v) is 1.46. The second-order valence-corrected chi connectivity index (χ2v) is 2.31. The van der Waals surface area contributed by atoms with Crippen LogP contribution in [0.3, 0.4) is 0 Å². The van der Waals surface area contributed by atoms with E-state index < -0.39 is 0 Å². The number of aromatic nitrogens is 1. The van der Waals surface area contributed by atoms with Gasteiger partial charge in [-0.2, -0.15) is 0 Å². The molecule has 1 heterocycles. The molecule has 0 aliphatic heterocycles. The fourth-order valence-corrected chi connectivity index (χ4v) is 0.879. The predicted octanol–water partition coefficient (Wildman–Crippen LogP) is 2.42. The van der Waals surface area contributed by atoms with Gasteiger partial charge in [-0.1, -0.05) is 13.3 Å². The summed E-state index contributed by atoms with van der Waals surface area (Å²) in [6.07, 6.45) is 6.84. The Balaban J connectivity index is 2.28. The van der Waals surface area contributed by atoms with Crippen LogP contribution >= 0.6 is 0 Å². The van der Waals surface area contributed by atoms with E-state index in [2.05, 4.69) is 4.98 Å². The van der Waals surface area contributed by atoms with E-state index in [4.69, 9.17) is 1.37 Å². The Kier molecular flexibility index (Phi) is 2.39. The number of aryl methyl sites for hydroxylation is 1. The molecule has 1 heteroatoms. The van der Waals surface area contributed by atoms with Crippen LogP contribution in [0.15, 0.2) is 24.5 Å². The van der Waals surface area contributed by atoms with Crippen molar-refractivity contribution in [1.29, 1.82) is 0 Å². The standard InChI is InChI=1S/C9H13N/c1-2-3-4-9-5-7-10-8-6-9/h5-8H,2-4H2,1H3/i1D.